The van der Waals surface area contributed by atoms with E-state index in [1.54, 1.807) is 0 Å². The first kappa shape index (κ1) is 13.6. The Labute approximate surface area is 116 Å². The van der Waals surface area contributed by atoms with Gasteiger partial charge in [-0.3, -0.25) is 9.82 Å². The van der Waals surface area contributed by atoms with Crippen LogP contribution in [-0.4, -0.2) is 29.7 Å². The minimum Gasteiger partial charge on any atom is -0.478 e. The third-order valence-corrected chi connectivity index (χ3v) is 4.23. The molecule has 0 saturated carbocycles. The number of aromatic nitrogens is 2. The summed E-state index contributed by atoms with van der Waals surface area (Å²) >= 11 is 3.12. The van der Waals surface area contributed by atoms with Crippen molar-refractivity contribution in [3.05, 3.63) is 40.6 Å². The summed E-state index contributed by atoms with van der Waals surface area (Å²) in [5, 5.41) is 14.8. The highest BCUT2D eigenvalue weighted by Gasteiger charge is 2.17. The zero-order valence-corrected chi connectivity index (χ0v) is 11.7. The quantitative estimate of drug-likeness (QED) is 0.780. The third-order valence-electron chi connectivity index (χ3n) is 2.24. The number of aromatic carboxylic acids is 1. The van der Waals surface area contributed by atoms with Gasteiger partial charge in [0.05, 0.1) is 17.4 Å². The van der Waals surface area contributed by atoms with E-state index >= 15 is 0 Å². The van der Waals surface area contributed by atoms with Crippen LogP contribution in [-0.2, 0) is 10.0 Å². The Kier molecular flexibility index (Phi) is 3.58. The molecule has 1 heterocycles. The van der Waals surface area contributed by atoms with Gasteiger partial charge in [0, 0.05) is 10.7 Å². The molecule has 0 aliphatic carbocycles. The van der Waals surface area contributed by atoms with E-state index in [4.69, 9.17) is 5.11 Å². The number of rotatable bonds is 4. The molecule has 1 aromatic carbocycles. The fraction of sp³-hybridized carbons (Fsp3) is 0. The first-order valence-corrected chi connectivity index (χ1v) is 7.22. The standard InChI is InChI=1S/C10H8BrN3O4S/c11-8-3-6(10(15)16)1-2-9(8)14-19(17,18)7-4-12-13-5-7/h1-5,14H,(H,12,13)(H,15,16). The van der Waals surface area contributed by atoms with E-state index < -0.39 is 16.0 Å². The number of carbonyl (C=O) groups is 1. The van der Waals surface area contributed by atoms with Crippen molar-refractivity contribution in [1.82, 2.24) is 10.2 Å². The van der Waals surface area contributed by atoms with E-state index in [9.17, 15) is 13.2 Å². The van der Waals surface area contributed by atoms with Crippen molar-refractivity contribution in [1.29, 1.82) is 0 Å². The topological polar surface area (TPSA) is 112 Å². The second-order valence-corrected chi connectivity index (χ2v) is 6.08. The summed E-state index contributed by atoms with van der Waals surface area (Å²) in [6.07, 6.45) is 2.41. The fourth-order valence-corrected chi connectivity index (χ4v) is 2.91. The number of aromatic amines is 1. The molecule has 0 fully saturated rings. The number of sulfonamides is 1. The van der Waals surface area contributed by atoms with Crippen LogP contribution in [0.4, 0.5) is 5.69 Å². The van der Waals surface area contributed by atoms with Gasteiger partial charge in [-0.25, -0.2) is 13.2 Å². The summed E-state index contributed by atoms with van der Waals surface area (Å²) in [5.74, 6) is -1.09. The van der Waals surface area contributed by atoms with E-state index in [2.05, 4.69) is 30.8 Å². The van der Waals surface area contributed by atoms with Crippen LogP contribution in [0.3, 0.4) is 0 Å². The van der Waals surface area contributed by atoms with Crippen molar-refractivity contribution >= 4 is 37.6 Å². The summed E-state index contributed by atoms with van der Waals surface area (Å²) in [7, 11) is -3.75. The van der Waals surface area contributed by atoms with Crippen molar-refractivity contribution < 1.29 is 18.3 Å². The minimum absolute atomic E-state index is 0.0123. The van der Waals surface area contributed by atoms with Gasteiger partial charge < -0.3 is 5.11 Å². The number of hydrogen-bond donors (Lipinski definition) is 3. The Balaban J connectivity index is 2.32. The molecule has 0 unspecified atom stereocenters. The lowest BCUT2D eigenvalue weighted by atomic mass is 10.2. The van der Waals surface area contributed by atoms with Gasteiger partial charge in [0.1, 0.15) is 4.90 Å². The van der Waals surface area contributed by atoms with Crippen LogP contribution in [0.15, 0.2) is 40.0 Å². The highest BCUT2D eigenvalue weighted by atomic mass is 79.9. The molecule has 2 aromatic rings. The van der Waals surface area contributed by atoms with Gasteiger partial charge in [-0.1, -0.05) is 0 Å². The number of carboxylic acids is 1. The summed E-state index contributed by atoms with van der Waals surface area (Å²) in [6.45, 7) is 0. The smallest absolute Gasteiger partial charge is 0.335 e. The highest BCUT2D eigenvalue weighted by Crippen LogP contribution is 2.26. The third kappa shape index (κ3) is 2.93. The molecule has 0 atom stereocenters. The molecule has 0 bridgehead atoms. The number of anilines is 1. The predicted molar refractivity (Wildman–Crippen MR) is 70.5 cm³/mol. The van der Waals surface area contributed by atoms with Crippen molar-refractivity contribution in [3.8, 4) is 0 Å². The summed E-state index contributed by atoms with van der Waals surface area (Å²) in [6, 6.07) is 3.99. The summed E-state index contributed by atoms with van der Waals surface area (Å²) < 4.78 is 26.5. The molecule has 1 aromatic heterocycles. The van der Waals surface area contributed by atoms with Crippen LogP contribution in [0.5, 0.6) is 0 Å². The second kappa shape index (κ2) is 5.02. The van der Waals surface area contributed by atoms with Crippen LogP contribution in [0.25, 0.3) is 0 Å². The summed E-state index contributed by atoms with van der Waals surface area (Å²) in [4.78, 5) is 10.8. The number of carboxylic acid groups (broad SMARTS) is 1. The van der Waals surface area contributed by atoms with E-state index in [0.29, 0.717) is 4.47 Å². The molecule has 0 radical (unpaired) electrons. The van der Waals surface area contributed by atoms with Gasteiger partial charge in [0.2, 0.25) is 0 Å². The molecule has 0 spiro atoms. The molecule has 2 rings (SSSR count). The number of hydrogen-bond acceptors (Lipinski definition) is 4. The molecule has 0 aliphatic heterocycles. The molecular weight excluding hydrogens is 338 g/mol. The van der Waals surface area contributed by atoms with Crippen LogP contribution in [0.2, 0.25) is 0 Å². The number of H-pyrrole nitrogens is 1. The second-order valence-electron chi connectivity index (χ2n) is 3.54. The molecular formula is C10H8BrN3O4S. The molecule has 19 heavy (non-hydrogen) atoms. The molecule has 0 amide bonds. The highest BCUT2D eigenvalue weighted by molar-refractivity contribution is 9.10. The number of benzene rings is 1. The van der Waals surface area contributed by atoms with E-state index in [-0.39, 0.29) is 16.1 Å². The number of nitrogens with zero attached hydrogens (tertiary/aromatic N) is 1. The SMILES string of the molecule is O=C(O)c1ccc(NS(=O)(=O)c2cn[nH]c2)c(Br)c1. The van der Waals surface area contributed by atoms with Gasteiger partial charge in [-0.05, 0) is 34.1 Å². The lowest BCUT2D eigenvalue weighted by Crippen LogP contribution is -2.12. The maximum absolute atomic E-state index is 11.9. The van der Waals surface area contributed by atoms with Crippen LogP contribution >= 0.6 is 15.9 Å². The van der Waals surface area contributed by atoms with Crippen molar-refractivity contribution in [3.63, 3.8) is 0 Å². The molecule has 0 aliphatic rings. The van der Waals surface area contributed by atoms with Crippen molar-refractivity contribution in [2.75, 3.05) is 4.72 Å². The molecule has 3 N–H and O–H groups in total. The zero-order valence-electron chi connectivity index (χ0n) is 9.29. The van der Waals surface area contributed by atoms with Gasteiger partial charge >= 0.3 is 5.97 Å². The van der Waals surface area contributed by atoms with Crippen LogP contribution in [0.1, 0.15) is 10.4 Å². The average molecular weight is 346 g/mol. The first-order valence-electron chi connectivity index (χ1n) is 4.94. The lowest BCUT2D eigenvalue weighted by molar-refractivity contribution is 0.0697. The normalized spacial score (nSPS) is 11.2. The molecule has 9 heteroatoms. The van der Waals surface area contributed by atoms with Gasteiger partial charge in [-0.15, -0.1) is 0 Å². The van der Waals surface area contributed by atoms with Gasteiger partial charge in [-0.2, -0.15) is 5.10 Å². The maximum Gasteiger partial charge on any atom is 0.335 e. The van der Waals surface area contributed by atoms with Crippen LogP contribution in [0, 0.1) is 0 Å². The Morgan fingerprint density at radius 3 is 2.68 bits per heavy atom. The minimum atomic E-state index is -3.75. The molecule has 0 saturated heterocycles. The van der Waals surface area contributed by atoms with E-state index in [0.717, 1.165) is 0 Å². The monoisotopic (exact) mass is 345 g/mol. The van der Waals surface area contributed by atoms with Crippen LogP contribution < -0.4 is 4.72 Å². The fourth-order valence-electron chi connectivity index (χ4n) is 1.32. The van der Waals surface area contributed by atoms with E-state index in [1.165, 1.54) is 30.6 Å². The van der Waals surface area contributed by atoms with Gasteiger partial charge in [0.15, 0.2) is 0 Å². The summed E-state index contributed by atoms with van der Waals surface area (Å²) in [5.41, 5.74) is 0.296. The first-order chi connectivity index (χ1) is 8.90. The Bertz CT molecular complexity index is 712. The van der Waals surface area contributed by atoms with E-state index in [1.807, 2.05) is 0 Å². The number of halogens is 1. The van der Waals surface area contributed by atoms with Crippen molar-refractivity contribution in [2.24, 2.45) is 0 Å². The molecule has 100 valence electrons. The molecule has 7 nitrogen and oxygen atoms in total. The average Bonchev–Trinajstić information content (AvgIpc) is 2.85. The van der Waals surface area contributed by atoms with Crippen molar-refractivity contribution in [2.45, 2.75) is 4.90 Å². The maximum atomic E-state index is 11.9. The predicted octanol–water partition coefficient (Wildman–Crippen LogP) is 1.67. The Morgan fingerprint density at radius 1 is 1.42 bits per heavy atom. The lowest BCUT2D eigenvalue weighted by Gasteiger charge is -2.08. The Morgan fingerprint density at radius 2 is 2.16 bits per heavy atom. The van der Waals surface area contributed by atoms with Gasteiger partial charge in [0.25, 0.3) is 10.0 Å². The largest absolute Gasteiger partial charge is 0.478 e. The number of nitrogens with one attached hydrogen (secondary N) is 2. The Hall–Kier alpha value is -1.87. The zero-order chi connectivity index (χ0) is 14.0.